The minimum atomic E-state index is -0.336. The summed E-state index contributed by atoms with van der Waals surface area (Å²) < 4.78 is 24.2. The molecule has 25 heavy (non-hydrogen) atoms. The zero-order valence-electron chi connectivity index (χ0n) is 13.4. The highest BCUT2D eigenvalue weighted by Gasteiger charge is 2.27. The molecular formula is C16H15FN4O2S2. The van der Waals surface area contributed by atoms with Gasteiger partial charge < -0.3 is 9.64 Å². The van der Waals surface area contributed by atoms with Gasteiger partial charge in [0.25, 0.3) is 11.1 Å². The van der Waals surface area contributed by atoms with Crippen molar-refractivity contribution >= 4 is 39.0 Å². The standard InChI is InChI=1S/C16H15FN4O2S2/c1-9-14(25-20-19-9)15(22)21-7-5-10(6-8-21)23-16-18-13-11(17)3-2-4-12(13)24-16/h2-4,10H,5-8H2,1H3. The van der Waals surface area contributed by atoms with Gasteiger partial charge in [-0.1, -0.05) is 21.9 Å². The van der Waals surface area contributed by atoms with Gasteiger partial charge in [0.05, 0.1) is 10.4 Å². The number of carbonyl (C=O) groups is 1. The van der Waals surface area contributed by atoms with Crippen molar-refractivity contribution < 1.29 is 13.9 Å². The minimum Gasteiger partial charge on any atom is -0.467 e. The lowest BCUT2D eigenvalue weighted by Crippen LogP contribution is -2.41. The normalized spacial score (nSPS) is 15.7. The predicted molar refractivity (Wildman–Crippen MR) is 93.8 cm³/mol. The van der Waals surface area contributed by atoms with E-state index in [1.54, 1.807) is 17.9 Å². The fourth-order valence-electron chi connectivity index (χ4n) is 2.84. The molecule has 9 heteroatoms. The number of carbonyl (C=O) groups excluding carboxylic acids is 1. The average molecular weight is 378 g/mol. The Labute approximate surface area is 151 Å². The second kappa shape index (κ2) is 6.64. The number of hydrogen-bond donors (Lipinski definition) is 0. The van der Waals surface area contributed by atoms with Crippen LogP contribution in [0.1, 0.15) is 28.2 Å². The van der Waals surface area contributed by atoms with E-state index >= 15 is 0 Å². The summed E-state index contributed by atoms with van der Waals surface area (Å²) in [7, 11) is 0. The molecule has 0 atom stereocenters. The maximum Gasteiger partial charge on any atom is 0.274 e. The molecule has 0 saturated carbocycles. The molecule has 130 valence electrons. The van der Waals surface area contributed by atoms with Crippen molar-refractivity contribution in [2.45, 2.75) is 25.9 Å². The van der Waals surface area contributed by atoms with Crippen LogP contribution < -0.4 is 4.74 Å². The molecule has 0 spiro atoms. The van der Waals surface area contributed by atoms with Gasteiger partial charge in [0.2, 0.25) is 0 Å². The maximum absolute atomic E-state index is 13.7. The van der Waals surface area contributed by atoms with E-state index in [1.165, 1.54) is 17.4 Å². The first-order valence-electron chi connectivity index (χ1n) is 7.92. The molecular weight excluding hydrogens is 363 g/mol. The number of hydrogen-bond acceptors (Lipinski definition) is 7. The van der Waals surface area contributed by atoms with E-state index in [0.29, 0.717) is 34.4 Å². The van der Waals surface area contributed by atoms with Crippen LogP contribution >= 0.6 is 22.9 Å². The van der Waals surface area contributed by atoms with Crippen LogP contribution in [0.2, 0.25) is 0 Å². The second-order valence-corrected chi connectivity index (χ2v) is 7.61. The Kier molecular flexibility index (Phi) is 4.34. The zero-order valence-corrected chi connectivity index (χ0v) is 15.1. The first kappa shape index (κ1) is 16.3. The molecule has 0 N–H and O–H groups in total. The molecule has 1 aliphatic rings. The molecule has 0 aliphatic carbocycles. The molecule has 1 aromatic carbocycles. The van der Waals surface area contributed by atoms with E-state index in [2.05, 4.69) is 14.6 Å². The summed E-state index contributed by atoms with van der Waals surface area (Å²) in [6.07, 6.45) is 1.42. The summed E-state index contributed by atoms with van der Waals surface area (Å²) in [5.41, 5.74) is 1.02. The van der Waals surface area contributed by atoms with Gasteiger partial charge in [0, 0.05) is 25.9 Å². The van der Waals surface area contributed by atoms with Crippen LogP contribution in [-0.4, -0.2) is 44.6 Å². The van der Waals surface area contributed by atoms with E-state index in [9.17, 15) is 9.18 Å². The van der Waals surface area contributed by atoms with Gasteiger partial charge in [0.1, 0.15) is 22.3 Å². The van der Waals surface area contributed by atoms with Crippen LogP contribution in [0.3, 0.4) is 0 Å². The summed E-state index contributed by atoms with van der Waals surface area (Å²) >= 11 is 2.47. The molecule has 1 fully saturated rings. The Balaban J connectivity index is 1.39. The molecule has 3 aromatic rings. The number of thiazole rings is 1. The first-order valence-corrected chi connectivity index (χ1v) is 9.51. The number of piperidine rings is 1. The SMILES string of the molecule is Cc1nnsc1C(=O)N1CCC(Oc2nc3c(F)cccc3s2)CC1. The fourth-order valence-corrected chi connectivity index (χ4v) is 4.36. The molecule has 6 nitrogen and oxygen atoms in total. The molecule has 1 aliphatic heterocycles. The lowest BCUT2D eigenvalue weighted by molar-refractivity contribution is 0.0599. The molecule has 4 rings (SSSR count). The first-order chi connectivity index (χ1) is 12.1. The highest BCUT2D eigenvalue weighted by molar-refractivity contribution is 7.20. The van der Waals surface area contributed by atoms with Gasteiger partial charge in [0.15, 0.2) is 0 Å². The number of fused-ring (bicyclic) bond motifs is 1. The number of aromatic nitrogens is 3. The van der Waals surface area contributed by atoms with Crippen LogP contribution in [0, 0.1) is 12.7 Å². The predicted octanol–water partition coefficient (Wildman–Crippen LogP) is 3.28. The molecule has 3 heterocycles. The molecule has 1 saturated heterocycles. The van der Waals surface area contributed by atoms with Crippen molar-refractivity contribution in [3.8, 4) is 5.19 Å². The monoisotopic (exact) mass is 378 g/mol. The topological polar surface area (TPSA) is 68.2 Å². The van der Waals surface area contributed by atoms with Gasteiger partial charge in [-0.15, -0.1) is 5.10 Å². The van der Waals surface area contributed by atoms with E-state index in [1.807, 2.05) is 6.07 Å². The summed E-state index contributed by atoms with van der Waals surface area (Å²) in [5.74, 6) is -0.356. The average Bonchev–Trinajstić information content (AvgIpc) is 3.21. The third-order valence-corrected chi connectivity index (χ3v) is 5.92. The molecule has 0 radical (unpaired) electrons. The fraction of sp³-hybridized carbons (Fsp3) is 0.375. The third-order valence-electron chi connectivity index (χ3n) is 4.19. The number of amides is 1. The Morgan fingerprint density at radius 1 is 1.36 bits per heavy atom. The third kappa shape index (κ3) is 3.21. The molecule has 0 bridgehead atoms. The van der Waals surface area contributed by atoms with E-state index < -0.39 is 0 Å². The summed E-state index contributed by atoms with van der Waals surface area (Å²) in [6, 6.07) is 4.89. The van der Waals surface area contributed by atoms with Crippen LogP contribution in [0.15, 0.2) is 18.2 Å². The number of halogens is 1. The van der Waals surface area contributed by atoms with Crippen LogP contribution in [0.25, 0.3) is 10.2 Å². The van der Waals surface area contributed by atoms with Gasteiger partial charge in [-0.25, -0.2) is 4.39 Å². The molecule has 2 aromatic heterocycles. The number of para-hydroxylation sites is 1. The molecule has 1 amide bonds. The maximum atomic E-state index is 13.7. The Morgan fingerprint density at radius 2 is 2.16 bits per heavy atom. The largest absolute Gasteiger partial charge is 0.467 e. The lowest BCUT2D eigenvalue weighted by atomic mass is 10.1. The number of rotatable bonds is 3. The summed E-state index contributed by atoms with van der Waals surface area (Å²) in [5, 5.41) is 4.37. The van der Waals surface area contributed by atoms with E-state index in [4.69, 9.17) is 4.74 Å². The highest BCUT2D eigenvalue weighted by atomic mass is 32.1. The lowest BCUT2D eigenvalue weighted by Gasteiger charge is -2.31. The van der Waals surface area contributed by atoms with Crippen molar-refractivity contribution in [2.75, 3.05) is 13.1 Å². The van der Waals surface area contributed by atoms with Crippen molar-refractivity contribution in [1.29, 1.82) is 0 Å². The quantitative estimate of drug-likeness (QED) is 0.700. The van der Waals surface area contributed by atoms with Crippen LogP contribution in [0.5, 0.6) is 5.19 Å². The summed E-state index contributed by atoms with van der Waals surface area (Å²) in [6.45, 7) is 3.01. The number of benzene rings is 1. The smallest absolute Gasteiger partial charge is 0.274 e. The van der Waals surface area contributed by atoms with Crippen LogP contribution in [0.4, 0.5) is 4.39 Å². The Bertz CT molecular complexity index is 918. The number of ether oxygens (including phenoxy) is 1. The number of aryl methyl sites for hydroxylation is 1. The van der Waals surface area contributed by atoms with Gasteiger partial charge in [-0.3, -0.25) is 4.79 Å². The molecule has 0 unspecified atom stereocenters. The zero-order chi connectivity index (χ0) is 17.4. The minimum absolute atomic E-state index is 0.0200. The number of likely N-dealkylation sites (tertiary alicyclic amines) is 1. The van der Waals surface area contributed by atoms with Gasteiger partial charge in [-0.05, 0) is 30.6 Å². The van der Waals surface area contributed by atoms with Crippen molar-refractivity contribution in [1.82, 2.24) is 19.5 Å². The van der Waals surface area contributed by atoms with Crippen molar-refractivity contribution in [2.24, 2.45) is 0 Å². The van der Waals surface area contributed by atoms with Crippen LogP contribution in [-0.2, 0) is 0 Å². The Hall–Kier alpha value is -2.13. The van der Waals surface area contributed by atoms with Gasteiger partial charge in [-0.2, -0.15) is 4.98 Å². The van der Waals surface area contributed by atoms with E-state index in [-0.39, 0.29) is 17.8 Å². The number of nitrogens with zero attached hydrogens (tertiary/aromatic N) is 4. The Morgan fingerprint density at radius 3 is 2.84 bits per heavy atom. The van der Waals surface area contributed by atoms with Crippen molar-refractivity contribution in [3.63, 3.8) is 0 Å². The highest BCUT2D eigenvalue weighted by Crippen LogP contribution is 2.31. The van der Waals surface area contributed by atoms with E-state index in [0.717, 1.165) is 29.1 Å². The summed E-state index contributed by atoms with van der Waals surface area (Å²) in [4.78, 5) is 19.1. The second-order valence-electron chi connectivity index (χ2n) is 5.86. The van der Waals surface area contributed by atoms with Gasteiger partial charge >= 0.3 is 0 Å². The van der Waals surface area contributed by atoms with Crippen molar-refractivity contribution in [3.05, 3.63) is 34.6 Å².